The molecular weight excluding hydrogens is 242 g/mol. The minimum Gasteiger partial charge on any atom is -0.480 e. The van der Waals surface area contributed by atoms with Crippen LogP contribution < -0.4 is 5.32 Å². The number of carboxylic acid groups (broad SMARTS) is 1. The summed E-state index contributed by atoms with van der Waals surface area (Å²) in [7, 11) is 0. The molecule has 6 heteroatoms. The summed E-state index contributed by atoms with van der Waals surface area (Å²) in [6, 6.07) is 0.501. The number of aliphatic hydroxyl groups is 1. The van der Waals surface area contributed by atoms with Crippen molar-refractivity contribution in [1.82, 2.24) is 5.32 Å². The molecule has 5 nitrogen and oxygen atoms in total. The molecule has 0 radical (unpaired) electrons. The van der Waals surface area contributed by atoms with E-state index in [0.717, 1.165) is 16.9 Å². The number of aliphatic hydroxyl groups excluding tert-OH is 1. The van der Waals surface area contributed by atoms with Gasteiger partial charge in [0.05, 0.1) is 11.5 Å². The Bertz CT molecular complexity index is 427. The highest BCUT2D eigenvalue weighted by Crippen LogP contribution is 2.21. The largest absolute Gasteiger partial charge is 0.480 e. The molecule has 3 N–H and O–H groups in total. The second-order valence-electron chi connectivity index (χ2n) is 3.59. The summed E-state index contributed by atoms with van der Waals surface area (Å²) < 4.78 is 0. The van der Waals surface area contributed by atoms with Gasteiger partial charge in [0.1, 0.15) is 0 Å². The number of carbonyl (C=O) groups excluding carboxylic acids is 1. The molecule has 0 aliphatic rings. The lowest BCUT2D eigenvalue weighted by molar-refractivity contribution is -0.140. The number of thiophene rings is 1. The summed E-state index contributed by atoms with van der Waals surface area (Å²) in [5.74, 6) is -1.70. The third-order valence-corrected chi connectivity index (χ3v) is 3.50. The van der Waals surface area contributed by atoms with Crippen molar-refractivity contribution in [2.45, 2.75) is 26.3 Å². The number of aryl methyl sites for hydroxylation is 2. The predicted molar refractivity (Wildman–Crippen MR) is 64.4 cm³/mol. The quantitative estimate of drug-likeness (QED) is 0.728. The van der Waals surface area contributed by atoms with Gasteiger partial charge in [-0.3, -0.25) is 4.79 Å². The van der Waals surface area contributed by atoms with E-state index in [2.05, 4.69) is 5.32 Å². The predicted octanol–water partition coefficient (Wildman–Crippen LogP) is 0.794. The van der Waals surface area contributed by atoms with E-state index >= 15 is 0 Å². The fourth-order valence-corrected chi connectivity index (χ4v) is 2.41. The first-order valence-electron chi connectivity index (χ1n) is 5.23. The van der Waals surface area contributed by atoms with E-state index in [4.69, 9.17) is 10.2 Å². The molecule has 0 unspecified atom stereocenters. The number of hydrogen-bond donors (Lipinski definition) is 3. The molecule has 0 spiro atoms. The first-order chi connectivity index (χ1) is 7.99. The van der Waals surface area contributed by atoms with Crippen LogP contribution in [0.15, 0.2) is 6.07 Å². The Hall–Kier alpha value is -1.40. The molecule has 1 atom stereocenters. The van der Waals surface area contributed by atoms with Crippen molar-refractivity contribution in [2.75, 3.05) is 6.61 Å². The highest BCUT2D eigenvalue weighted by atomic mass is 32.1. The van der Waals surface area contributed by atoms with Gasteiger partial charge in [-0.25, -0.2) is 4.79 Å². The highest BCUT2D eigenvalue weighted by molar-refractivity contribution is 7.14. The Balaban J connectivity index is 2.78. The molecule has 0 aliphatic heterocycles. The van der Waals surface area contributed by atoms with Gasteiger partial charge in [-0.05, 0) is 25.0 Å². The van der Waals surface area contributed by atoms with E-state index in [0.29, 0.717) is 4.88 Å². The SMILES string of the molecule is CCc1cc(C(=O)N[C@H](CO)C(=O)O)sc1C. The summed E-state index contributed by atoms with van der Waals surface area (Å²) in [6.45, 7) is 3.29. The lowest BCUT2D eigenvalue weighted by atomic mass is 10.2. The van der Waals surface area contributed by atoms with E-state index in [-0.39, 0.29) is 0 Å². The maximum absolute atomic E-state index is 11.7. The van der Waals surface area contributed by atoms with E-state index in [9.17, 15) is 9.59 Å². The molecule has 0 saturated heterocycles. The Morgan fingerprint density at radius 3 is 2.59 bits per heavy atom. The van der Waals surface area contributed by atoms with Gasteiger partial charge >= 0.3 is 5.97 Å². The van der Waals surface area contributed by atoms with Crippen LogP contribution in [0.4, 0.5) is 0 Å². The monoisotopic (exact) mass is 257 g/mol. The number of carboxylic acids is 1. The highest BCUT2D eigenvalue weighted by Gasteiger charge is 2.20. The van der Waals surface area contributed by atoms with Gasteiger partial charge in [0.25, 0.3) is 5.91 Å². The van der Waals surface area contributed by atoms with Crippen molar-refractivity contribution in [3.8, 4) is 0 Å². The van der Waals surface area contributed by atoms with Gasteiger partial charge in [0, 0.05) is 4.88 Å². The standard InChI is InChI=1S/C11H15NO4S/c1-3-7-4-9(17-6(7)2)10(14)12-8(5-13)11(15)16/h4,8,13H,3,5H2,1-2H3,(H,12,14)(H,15,16)/t8-/m1/s1. The van der Waals surface area contributed by atoms with Crippen LogP contribution in [-0.2, 0) is 11.2 Å². The molecule has 0 aromatic carbocycles. The zero-order valence-corrected chi connectivity index (χ0v) is 10.5. The molecule has 17 heavy (non-hydrogen) atoms. The van der Waals surface area contributed by atoms with Gasteiger partial charge < -0.3 is 15.5 Å². The zero-order valence-electron chi connectivity index (χ0n) is 9.69. The lowest BCUT2D eigenvalue weighted by Crippen LogP contribution is -2.43. The second-order valence-corrected chi connectivity index (χ2v) is 4.85. The summed E-state index contributed by atoms with van der Waals surface area (Å²) in [4.78, 5) is 23.9. The van der Waals surface area contributed by atoms with Crippen molar-refractivity contribution in [3.63, 3.8) is 0 Å². The summed E-state index contributed by atoms with van der Waals surface area (Å²) in [6.07, 6.45) is 0.831. The van der Waals surface area contributed by atoms with Crippen LogP contribution in [0.25, 0.3) is 0 Å². The Morgan fingerprint density at radius 2 is 2.18 bits per heavy atom. The molecule has 0 saturated carbocycles. The van der Waals surface area contributed by atoms with Crippen LogP contribution in [0.5, 0.6) is 0 Å². The van der Waals surface area contributed by atoms with Crippen LogP contribution >= 0.6 is 11.3 Å². The average Bonchev–Trinajstić information content (AvgIpc) is 2.66. The van der Waals surface area contributed by atoms with Gasteiger partial charge in [-0.2, -0.15) is 0 Å². The van der Waals surface area contributed by atoms with E-state index in [1.54, 1.807) is 6.07 Å². The second kappa shape index (κ2) is 5.79. The summed E-state index contributed by atoms with van der Waals surface area (Å²) in [5.41, 5.74) is 1.08. The Labute approximate surface area is 103 Å². The average molecular weight is 257 g/mol. The fraction of sp³-hybridized carbons (Fsp3) is 0.455. The molecule has 1 amide bonds. The minimum absolute atomic E-state index is 0.459. The van der Waals surface area contributed by atoms with Crippen molar-refractivity contribution in [1.29, 1.82) is 0 Å². The zero-order chi connectivity index (χ0) is 13.0. The maximum Gasteiger partial charge on any atom is 0.328 e. The number of nitrogens with one attached hydrogen (secondary N) is 1. The minimum atomic E-state index is -1.25. The van der Waals surface area contributed by atoms with Crippen molar-refractivity contribution < 1.29 is 19.8 Å². The third kappa shape index (κ3) is 3.28. The van der Waals surface area contributed by atoms with Crippen LogP contribution in [0.2, 0.25) is 0 Å². The maximum atomic E-state index is 11.7. The molecule has 94 valence electrons. The molecule has 0 aliphatic carbocycles. The molecule has 1 aromatic heterocycles. The van der Waals surface area contributed by atoms with Crippen LogP contribution in [0.3, 0.4) is 0 Å². The summed E-state index contributed by atoms with van der Waals surface area (Å²) in [5, 5.41) is 19.8. The molecule has 1 aromatic rings. The fourth-order valence-electron chi connectivity index (χ4n) is 1.40. The van der Waals surface area contributed by atoms with Crippen LogP contribution in [0.1, 0.15) is 27.0 Å². The van der Waals surface area contributed by atoms with Gasteiger partial charge in [0.2, 0.25) is 0 Å². The van der Waals surface area contributed by atoms with Crippen LogP contribution in [-0.4, -0.2) is 34.7 Å². The molecular formula is C11H15NO4S. The van der Waals surface area contributed by atoms with Crippen molar-refractivity contribution in [3.05, 3.63) is 21.4 Å². The van der Waals surface area contributed by atoms with Crippen molar-refractivity contribution in [2.24, 2.45) is 0 Å². The topological polar surface area (TPSA) is 86.6 Å². The molecule has 1 heterocycles. The van der Waals surface area contributed by atoms with Crippen LogP contribution in [0, 0.1) is 6.92 Å². The first kappa shape index (κ1) is 13.7. The lowest BCUT2D eigenvalue weighted by Gasteiger charge is -2.10. The van der Waals surface area contributed by atoms with E-state index in [1.165, 1.54) is 11.3 Å². The molecule has 0 fully saturated rings. The number of aliphatic carboxylic acids is 1. The molecule has 1 rings (SSSR count). The molecule has 0 bridgehead atoms. The van der Waals surface area contributed by atoms with Crippen molar-refractivity contribution >= 4 is 23.2 Å². The van der Waals surface area contributed by atoms with Gasteiger partial charge in [-0.1, -0.05) is 6.92 Å². The van der Waals surface area contributed by atoms with Gasteiger partial charge in [-0.15, -0.1) is 11.3 Å². The number of rotatable bonds is 5. The number of amides is 1. The third-order valence-electron chi connectivity index (χ3n) is 2.41. The smallest absolute Gasteiger partial charge is 0.328 e. The number of hydrogen-bond acceptors (Lipinski definition) is 4. The van der Waals surface area contributed by atoms with E-state index in [1.807, 2.05) is 13.8 Å². The number of carbonyl (C=O) groups is 2. The Morgan fingerprint density at radius 1 is 1.53 bits per heavy atom. The Kier molecular flexibility index (Phi) is 4.65. The first-order valence-corrected chi connectivity index (χ1v) is 6.05. The van der Waals surface area contributed by atoms with E-state index < -0.39 is 24.5 Å². The van der Waals surface area contributed by atoms with Gasteiger partial charge in [0.15, 0.2) is 6.04 Å². The summed E-state index contributed by atoms with van der Waals surface area (Å²) >= 11 is 1.32. The normalized spacial score (nSPS) is 12.2.